The predicted molar refractivity (Wildman–Crippen MR) is 158 cm³/mol. The van der Waals surface area contributed by atoms with Crippen LogP contribution in [0.1, 0.15) is 22.3 Å². The number of hydrogen-bond acceptors (Lipinski definition) is 3. The zero-order valence-corrected chi connectivity index (χ0v) is 21.3. The molecule has 0 bridgehead atoms. The lowest BCUT2D eigenvalue weighted by Gasteiger charge is -2.10. The van der Waals surface area contributed by atoms with Crippen LogP contribution in [0.2, 0.25) is 0 Å². The van der Waals surface area contributed by atoms with Gasteiger partial charge in [0.05, 0.1) is 22.1 Å². The van der Waals surface area contributed by atoms with E-state index in [0.717, 1.165) is 44.0 Å². The number of aromatic nitrogens is 5. The van der Waals surface area contributed by atoms with Crippen molar-refractivity contribution in [3.63, 3.8) is 0 Å². The Labute approximate surface area is 220 Å². The quantitative estimate of drug-likeness (QED) is 0.251. The van der Waals surface area contributed by atoms with Crippen LogP contribution in [0.15, 0.2) is 92.3 Å². The van der Waals surface area contributed by atoms with Crippen molar-refractivity contribution in [2.45, 2.75) is 13.8 Å². The van der Waals surface area contributed by atoms with Gasteiger partial charge < -0.3 is 0 Å². The van der Waals surface area contributed by atoms with E-state index in [-0.39, 0.29) is 0 Å². The molecule has 0 unspecified atom stereocenters. The zero-order chi connectivity index (χ0) is 26.0. The molecule has 7 rings (SSSR count). The van der Waals surface area contributed by atoms with E-state index in [9.17, 15) is 0 Å². The monoisotopic (exact) mass is 491 g/mol. The average molecular weight is 492 g/mol. The van der Waals surface area contributed by atoms with Gasteiger partial charge in [0.1, 0.15) is 6.33 Å². The highest BCUT2D eigenvalue weighted by Gasteiger charge is 2.18. The van der Waals surface area contributed by atoms with Gasteiger partial charge >= 0.3 is 0 Å². The highest BCUT2D eigenvalue weighted by molar-refractivity contribution is 6.11. The Kier molecular flexibility index (Phi) is 4.82. The van der Waals surface area contributed by atoms with Crippen molar-refractivity contribution in [3.05, 3.63) is 115 Å². The van der Waals surface area contributed by atoms with Crippen LogP contribution in [0.4, 0.5) is 0 Å². The Balaban J connectivity index is 1.53. The second-order valence-electron chi connectivity index (χ2n) is 9.76. The first-order valence-electron chi connectivity index (χ1n) is 12.6. The van der Waals surface area contributed by atoms with Crippen molar-refractivity contribution in [1.82, 2.24) is 24.1 Å². The third kappa shape index (κ3) is 3.22. The molecule has 0 fully saturated rings. The minimum Gasteiger partial charge on any atom is -0.278 e. The second kappa shape index (κ2) is 8.25. The van der Waals surface area contributed by atoms with Gasteiger partial charge in [0.2, 0.25) is 11.9 Å². The number of fused-ring (bicyclic) bond motifs is 6. The first-order valence-corrected chi connectivity index (χ1v) is 12.6. The Morgan fingerprint density at radius 2 is 0.947 bits per heavy atom. The summed E-state index contributed by atoms with van der Waals surface area (Å²) in [5.74, 6) is 1.16. The first-order chi connectivity index (χ1) is 18.6. The summed E-state index contributed by atoms with van der Waals surface area (Å²) in [5, 5.41) is 4.62. The molecule has 3 heterocycles. The van der Waals surface area contributed by atoms with Gasteiger partial charge in [-0.15, -0.1) is 0 Å². The summed E-state index contributed by atoms with van der Waals surface area (Å²) in [7, 11) is 0. The van der Waals surface area contributed by atoms with Crippen molar-refractivity contribution in [2.75, 3.05) is 0 Å². The summed E-state index contributed by atoms with van der Waals surface area (Å²) in [4.78, 5) is 14.4. The van der Waals surface area contributed by atoms with Crippen LogP contribution in [0.5, 0.6) is 0 Å². The van der Waals surface area contributed by atoms with Gasteiger partial charge in [-0.05, 0) is 73.5 Å². The lowest BCUT2D eigenvalue weighted by molar-refractivity contribution is 0.886. The molecule has 0 aliphatic carbocycles. The third-order valence-electron chi connectivity index (χ3n) is 7.31. The largest absolute Gasteiger partial charge is 0.278 e. The van der Waals surface area contributed by atoms with Gasteiger partial charge in [-0.2, -0.15) is 4.98 Å². The maximum absolute atomic E-state index is 5.05. The summed E-state index contributed by atoms with van der Waals surface area (Å²) >= 11 is 0. The normalized spacial score (nSPS) is 11.6. The van der Waals surface area contributed by atoms with E-state index in [1.54, 1.807) is 6.33 Å². The van der Waals surface area contributed by atoms with E-state index in [0.29, 0.717) is 11.9 Å². The predicted octanol–water partition coefficient (Wildman–Crippen LogP) is 7.97. The van der Waals surface area contributed by atoms with Gasteiger partial charge in [-0.1, -0.05) is 60.7 Å². The topological polar surface area (TPSA) is 48.5 Å². The van der Waals surface area contributed by atoms with E-state index in [4.69, 9.17) is 4.98 Å². The minimum atomic E-state index is 0.571. The van der Waals surface area contributed by atoms with Gasteiger partial charge in [0.15, 0.2) is 0 Å². The van der Waals surface area contributed by atoms with Gasteiger partial charge in [-0.3, -0.25) is 9.13 Å². The first kappa shape index (κ1) is 22.2. The Hall–Kier alpha value is -5.03. The molecule has 5 heteroatoms. The number of nitrogens with zero attached hydrogens (tertiary/aromatic N) is 5. The molecule has 38 heavy (non-hydrogen) atoms. The van der Waals surface area contributed by atoms with Crippen molar-refractivity contribution in [2.24, 2.45) is 0 Å². The van der Waals surface area contributed by atoms with Crippen molar-refractivity contribution < 1.29 is 0 Å². The molecule has 0 saturated carbocycles. The smallest absolute Gasteiger partial charge is 0.239 e. The highest BCUT2D eigenvalue weighted by Crippen LogP contribution is 2.35. The van der Waals surface area contributed by atoms with Crippen LogP contribution < -0.4 is 0 Å². The number of hydrogen-bond donors (Lipinski definition) is 0. The number of benzene rings is 4. The summed E-state index contributed by atoms with van der Waals surface area (Å²) in [6.45, 7) is 12.2. The Bertz CT molecular complexity index is 1970. The standard InChI is InChI=1S/C33H25N5/c1-5-22-9-13-30-26(17-22)27-18-23(6-2)10-14-31(27)38(30)33-35-19-34-32(36-33)37-28-11-7-20(3)15-24(28)25-16-21(4)8-12-29(25)37/h5-19H,1-2H2,3-4H3. The van der Waals surface area contributed by atoms with Crippen LogP contribution in [0.3, 0.4) is 0 Å². The number of rotatable bonds is 4. The molecular weight excluding hydrogens is 466 g/mol. The fraction of sp³-hybridized carbons (Fsp3) is 0.0606. The summed E-state index contributed by atoms with van der Waals surface area (Å²) in [6.07, 6.45) is 5.34. The van der Waals surface area contributed by atoms with Gasteiger partial charge in [0, 0.05) is 21.5 Å². The maximum Gasteiger partial charge on any atom is 0.239 e. The van der Waals surface area contributed by atoms with Crippen LogP contribution in [-0.4, -0.2) is 24.1 Å². The van der Waals surface area contributed by atoms with Crippen LogP contribution in [0.25, 0.3) is 67.7 Å². The van der Waals surface area contributed by atoms with Crippen LogP contribution in [0, 0.1) is 13.8 Å². The second-order valence-corrected chi connectivity index (χ2v) is 9.76. The summed E-state index contributed by atoms with van der Waals surface area (Å²) in [6, 6.07) is 25.7. The van der Waals surface area contributed by atoms with E-state index in [2.05, 4.69) is 119 Å². The Morgan fingerprint density at radius 1 is 0.553 bits per heavy atom. The summed E-state index contributed by atoms with van der Waals surface area (Å²) in [5.41, 5.74) is 8.76. The molecular formula is C33H25N5. The molecule has 4 aromatic carbocycles. The summed E-state index contributed by atoms with van der Waals surface area (Å²) < 4.78 is 4.24. The van der Waals surface area contributed by atoms with E-state index < -0.39 is 0 Å². The highest BCUT2D eigenvalue weighted by atomic mass is 15.3. The molecule has 182 valence electrons. The van der Waals surface area contributed by atoms with E-state index in [1.807, 2.05) is 12.2 Å². The molecule has 5 nitrogen and oxygen atoms in total. The Morgan fingerprint density at radius 3 is 1.37 bits per heavy atom. The molecule has 0 atom stereocenters. The number of aryl methyl sites for hydroxylation is 2. The third-order valence-corrected chi connectivity index (χ3v) is 7.31. The molecule has 3 aromatic heterocycles. The van der Waals surface area contributed by atoms with Crippen LogP contribution in [-0.2, 0) is 0 Å². The van der Waals surface area contributed by atoms with Gasteiger partial charge in [0.25, 0.3) is 0 Å². The molecule has 7 aromatic rings. The average Bonchev–Trinajstić information content (AvgIpc) is 3.44. The molecule has 0 aliphatic heterocycles. The van der Waals surface area contributed by atoms with E-state index in [1.165, 1.54) is 21.9 Å². The fourth-order valence-corrected chi connectivity index (χ4v) is 5.49. The van der Waals surface area contributed by atoms with E-state index >= 15 is 0 Å². The molecule has 0 aliphatic rings. The minimum absolute atomic E-state index is 0.571. The fourth-order valence-electron chi connectivity index (χ4n) is 5.49. The maximum atomic E-state index is 5.05. The SMILES string of the molecule is C=Cc1ccc2c(c1)c1cc(C=C)ccc1n2-c1ncnc(-n2c3ccc(C)cc3c3cc(C)ccc32)n1. The molecule has 0 radical (unpaired) electrons. The lowest BCUT2D eigenvalue weighted by Crippen LogP contribution is -2.07. The molecule has 0 N–H and O–H groups in total. The van der Waals surface area contributed by atoms with Gasteiger partial charge in [-0.25, -0.2) is 9.97 Å². The molecule has 0 saturated heterocycles. The van der Waals surface area contributed by atoms with Crippen molar-refractivity contribution in [1.29, 1.82) is 0 Å². The van der Waals surface area contributed by atoms with Crippen LogP contribution >= 0.6 is 0 Å². The van der Waals surface area contributed by atoms with Crippen molar-refractivity contribution >= 4 is 55.8 Å². The molecule has 0 spiro atoms. The molecule has 0 amide bonds. The zero-order valence-electron chi connectivity index (χ0n) is 21.3. The lowest BCUT2D eigenvalue weighted by atomic mass is 10.1. The van der Waals surface area contributed by atoms with Crippen molar-refractivity contribution in [3.8, 4) is 11.9 Å².